The Hall–Kier alpha value is -3.07. The van der Waals surface area contributed by atoms with E-state index in [9.17, 15) is 0 Å². The molecule has 0 saturated heterocycles. The molecule has 1 aromatic heterocycles. The molecule has 0 radical (unpaired) electrons. The second kappa shape index (κ2) is 8.52. The zero-order chi connectivity index (χ0) is 21.1. The quantitative estimate of drug-likeness (QED) is 0.451. The minimum absolute atomic E-state index is 0.869. The molecule has 0 bridgehead atoms. The van der Waals surface area contributed by atoms with Gasteiger partial charge >= 0.3 is 0 Å². The van der Waals surface area contributed by atoms with E-state index in [4.69, 9.17) is 15.0 Å². The van der Waals surface area contributed by atoms with Crippen molar-refractivity contribution in [3.05, 3.63) is 87.7 Å². The molecule has 3 heteroatoms. The average molecular weight is 384 g/mol. The van der Waals surface area contributed by atoms with Crippen molar-refractivity contribution >= 4 is 22.8 Å². The van der Waals surface area contributed by atoms with Gasteiger partial charge in [0.1, 0.15) is 0 Å². The van der Waals surface area contributed by atoms with Crippen LogP contribution in [-0.2, 0) is 0 Å². The largest absolute Gasteiger partial charge is 0.251 e. The Morgan fingerprint density at radius 3 is 1.69 bits per heavy atom. The van der Waals surface area contributed by atoms with Gasteiger partial charge in [-0.1, -0.05) is 29.8 Å². The fraction of sp³-hybridized carbons (Fsp3) is 0.269. The van der Waals surface area contributed by atoms with E-state index in [1.807, 2.05) is 32.0 Å². The van der Waals surface area contributed by atoms with Crippen LogP contribution in [0.1, 0.15) is 53.1 Å². The van der Waals surface area contributed by atoms with E-state index in [-0.39, 0.29) is 0 Å². The predicted octanol–water partition coefficient (Wildman–Crippen LogP) is 6.91. The number of aromatic nitrogens is 1. The summed E-state index contributed by atoms with van der Waals surface area (Å²) in [5, 5.41) is 0. The highest BCUT2D eigenvalue weighted by atomic mass is 14.8. The third kappa shape index (κ3) is 5.05. The molecule has 29 heavy (non-hydrogen) atoms. The molecule has 0 aliphatic rings. The molecule has 0 atom stereocenters. The van der Waals surface area contributed by atoms with Crippen LogP contribution >= 0.6 is 0 Å². The summed E-state index contributed by atoms with van der Waals surface area (Å²) < 4.78 is 0. The molecule has 1 heterocycles. The molecule has 0 spiro atoms. The minimum atomic E-state index is 0.869. The molecule has 0 aliphatic carbocycles. The second-order valence-electron chi connectivity index (χ2n) is 7.90. The standard InChI is InChI=1S/C26H29N3/c1-16-11-17(2)15-23(14-16)27-21(6)24-9-8-10-25(29-24)22(7)28-26-19(4)12-18(3)13-20(26)5/h8-15H,1-7H3. The Bertz CT molecular complexity index is 1080. The van der Waals surface area contributed by atoms with Crippen molar-refractivity contribution < 1.29 is 0 Å². The first-order chi connectivity index (χ1) is 13.7. The molecule has 0 fully saturated rings. The van der Waals surface area contributed by atoms with Gasteiger partial charge in [0.15, 0.2) is 0 Å². The minimum Gasteiger partial charge on any atom is -0.251 e. The van der Waals surface area contributed by atoms with Crippen LogP contribution in [-0.4, -0.2) is 16.4 Å². The molecule has 3 rings (SSSR count). The van der Waals surface area contributed by atoms with Gasteiger partial charge in [0.05, 0.1) is 34.2 Å². The first-order valence-corrected chi connectivity index (χ1v) is 9.97. The third-order valence-corrected chi connectivity index (χ3v) is 4.91. The van der Waals surface area contributed by atoms with Crippen LogP contribution in [0.15, 0.2) is 58.5 Å². The van der Waals surface area contributed by atoms with Crippen LogP contribution in [0.25, 0.3) is 0 Å². The number of rotatable bonds is 4. The highest BCUT2D eigenvalue weighted by molar-refractivity contribution is 6.02. The zero-order valence-electron chi connectivity index (χ0n) is 18.5. The van der Waals surface area contributed by atoms with Crippen molar-refractivity contribution in [2.45, 2.75) is 48.5 Å². The predicted molar refractivity (Wildman–Crippen MR) is 125 cm³/mol. The molecular weight excluding hydrogens is 354 g/mol. The van der Waals surface area contributed by atoms with E-state index in [0.29, 0.717) is 0 Å². The van der Waals surface area contributed by atoms with E-state index in [0.717, 1.165) is 34.2 Å². The van der Waals surface area contributed by atoms with Crippen LogP contribution in [0.5, 0.6) is 0 Å². The zero-order valence-corrected chi connectivity index (χ0v) is 18.5. The summed E-state index contributed by atoms with van der Waals surface area (Å²) in [7, 11) is 0. The molecule has 0 aliphatic heterocycles. The van der Waals surface area contributed by atoms with Gasteiger partial charge in [0.25, 0.3) is 0 Å². The topological polar surface area (TPSA) is 37.6 Å². The highest BCUT2D eigenvalue weighted by Gasteiger charge is 2.08. The monoisotopic (exact) mass is 383 g/mol. The van der Waals surface area contributed by atoms with Gasteiger partial charge in [-0.05, 0) is 95.0 Å². The lowest BCUT2D eigenvalue weighted by Crippen LogP contribution is -2.05. The van der Waals surface area contributed by atoms with Crippen molar-refractivity contribution in [1.82, 2.24) is 4.98 Å². The lowest BCUT2D eigenvalue weighted by atomic mass is 10.1. The molecule has 0 amide bonds. The molecule has 0 unspecified atom stereocenters. The van der Waals surface area contributed by atoms with Crippen molar-refractivity contribution in [3.63, 3.8) is 0 Å². The van der Waals surface area contributed by atoms with Gasteiger partial charge in [0.2, 0.25) is 0 Å². The maximum absolute atomic E-state index is 4.89. The summed E-state index contributed by atoms with van der Waals surface area (Å²) in [5.74, 6) is 0. The fourth-order valence-corrected chi connectivity index (χ4v) is 3.68. The second-order valence-corrected chi connectivity index (χ2v) is 7.90. The molecule has 3 aromatic rings. The Kier molecular flexibility index (Phi) is 6.07. The Morgan fingerprint density at radius 1 is 0.655 bits per heavy atom. The Balaban J connectivity index is 1.96. The van der Waals surface area contributed by atoms with Crippen LogP contribution in [0.4, 0.5) is 11.4 Å². The summed E-state index contributed by atoms with van der Waals surface area (Å²) in [5.41, 5.74) is 11.6. The Labute approximate surface area is 174 Å². The molecule has 2 aromatic carbocycles. The smallest absolute Gasteiger partial charge is 0.0849 e. The Morgan fingerprint density at radius 2 is 1.14 bits per heavy atom. The summed E-state index contributed by atoms with van der Waals surface area (Å²) in [4.78, 5) is 14.5. The van der Waals surface area contributed by atoms with Crippen molar-refractivity contribution in [2.24, 2.45) is 9.98 Å². The molecule has 0 N–H and O–H groups in total. The SMILES string of the molecule is CC(=Nc1cc(C)cc(C)c1)c1cccc(C(C)=Nc2c(C)cc(C)cc2C)n1. The number of aliphatic imine (C=N–C) groups is 2. The van der Waals surface area contributed by atoms with Crippen molar-refractivity contribution in [2.75, 3.05) is 0 Å². The molecule has 0 saturated carbocycles. The summed E-state index contributed by atoms with van der Waals surface area (Å²) in [6.07, 6.45) is 0. The maximum Gasteiger partial charge on any atom is 0.0849 e. The van der Waals surface area contributed by atoms with Gasteiger partial charge in [-0.25, -0.2) is 4.98 Å². The van der Waals surface area contributed by atoms with E-state index in [2.05, 4.69) is 65.0 Å². The molecular formula is C26H29N3. The lowest BCUT2D eigenvalue weighted by Gasteiger charge is -2.09. The van der Waals surface area contributed by atoms with E-state index < -0.39 is 0 Å². The van der Waals surface area contributed by atoms with Gasteiger partial charge in [0, 0.05) is 0 Å². The third-order valence-electron chi connectivity index (χ3n) is 4.91. The lowest BCUT2D eigenvalue weighted by molar-refractivity contribution is 1.23. The average Bonchev–Trinajstić information content (AvgIpc) is 2.63. The summed E-state index contributed by atoms with van der Waals surface area (Å²) in [6.45, 7) is 14.5. The first-order valence-electron chi connectivity index (χ1n) is 9.97. The van der Waals surface area contributed by atoms with Gasteiger partial charge in [-0.3, -0.25) is 9.98 Å². The highest BCUT2D eigenvalue weighted by Crippen LogP contribution is 2.26. The maximum atomic E-state index is 4.89. The molecule has 3 nitrogen and oxygen atoms in total. The first kappa shape index (κ1) is 20.7. The van der Waals surface area contributed by atoms with Crippen molar-refractivity contribution in [1.29, 1.82) is 0 Å². The van der Waals surface area contributed by atoms with E-state index in [1.54, 1.807) is 0 Å². The van der Waals surface area contributed by atoms with Gasteiger partial charge in [-0.15, -0.1) is 0 Å². The summed E-state index contributed by atoms with van der Waals surface area (Å²) >= 11 is 0. The normalized spacial score (nSPS) is 12.4. The van der Waals surface area contributed by atoms with Gasteiger partial charge in [-0.2, -0.15) is 0 Å². The van der Waals surface area contributed by atoms with Crippen LogP contribution in [0.2, 0.25) is 0 Å². The fourth-order valence-electron chi connectivity index (χ4n) is 3.68. The molecule has 148 valence electrons. The van der Waals surface area contributed by atoms with Crippen LogP contribution in [0, 0.1) is 34.6 Å². The number of aryl methyl sites for hydroxylation is 5. The van der Waals surface area contributed by atoms with E-state index >= 15 is 0 Å². The number of nitrogens with zero attached hydrogens (tertiary/aromatic N) is 3. The number of hydrogen-bond acceptors (Lipinski definition) is 3. The number of benzene rings is 2. The number of hydrogen-bond donors (Lipinski definition) is 0. The van der Waals surface area contributed by atoms with Gasteiger partial charge < -0.3 is 0 Å². The number of pyridine rings is 1. The van der Waals surface area contributed by atoms with E-state index in [1.165, 1.54) is 27.8 Å². The van der Waals surface area contributed by atoms with Crippen LogP contribution in [0.3, 0.4) is 0 Å². The van der Waals surface area contributed by atoms with Crippen molar-refractivity contribution in [3.8, 4) is 0 Å². The summed E-state index contributed by atoms with van der Waals surface area (Å²) in [6, 6.07) is 16.7. The van der Waals surface area contributed by atoms with Crippen LogP contribution < -0.4 is 0 Å².